The molecular formula is C17H19N3O2. The van der Waals surface area contributed by atoms with E-state index < -0.39 is 6.10 Å². The number of nitrogens with zero attached hydrogens (tertiary/aromatic N) is 3. The molecule has 2 atom stereocenters. The lowest BCUT2D eigenvalue weighted by atomic mass is 10.0. The second-order valence-corrected chi connectivity index (χ2v) is 6.17. The molecule has 0 radical (unpaired) electrons. The Hall–Kier alpha value is -2.01. The van der Waals surface area contributed by atoms with E-state index in [-0.39, 0.29) is 5.91 Å². The van der Waals surface area contributed by atoms with E-state index in [1.165, 1.54) is 19.3 Å². The van der Waals surface area contributed by atoms with Gasteiger partial charge in [0.1, 0.15) is 17.3 Å². The number of rotatable bonds is 2. The van der Waals surface area contributed by atoms with Crippen LogP contribution in [0.4, 0.5) is 0 Å². The predicted molar refractivity (Wildman–Crippen MR) is 84.7 cm³/mol. The van der Waals surface area contributed by atoms with Gasteiger partial charge in [0, 0.05) is 11.6 Å². The Morgan fingerprint density at radius 1 is 1.27 bits per heavy atom. The third-order valence-electron chi connectivity index (χ3n) is 4.65. The lowest BCUT2D eigenvalue weighted by Crippen LogP contribution is -2.43. The smallest absolute Gasteiger partial charge is 0.294 e. The second kappa shape index (κ2) is 5.32. The molecule has 3 aliphatic heterocycles. The molecule has 0 N–H and O–H groups in total. The Kier molecular flexibility index (Phi) is 3.30. The summed E-state index contributed by atoms with van der Waals surface area (Å²) in [4.78, 5) is 23.4. The Morgan fingerprint density at radius 3 is 3.00 bits per heavy atom. The van der Waals surface area contributed by atoms with E-state index in [1.807, 2.05) is 24.3 Å². The van der Waals surface area contributed by atoms with Gasteiger partial charge >= 0.3 is 0 Å². The fourth-order valence-electron chi connectivity index (χ4n) is 3.39. The Labute approximate surface area is 129 Å². The van der Waals surface area contributed by atoms with Gasteiger partial charge in [-0.15, -0.1) is 0 Å². The van der Waals surface area contributed by atoms with Gasteiger partial charge in [0.25, 0.3) is 5.91 Å². The van der Waals surface area contributed by atoms with Crippen molar-refractivity contribution in [2.24, 2.45) is 9.98 Å². The van der Waals surface area contributed by atoms with Crippen LogP contribution in [-0.2, 0) is 4.79 Å². The third kappa shape index (κ3) is 2.25. The lowest BCUT2D eigenvalue weighted by molar-refractivity contribution is -0.121. The number of carbonyl (C=O) groups excluding carboxylic acids is 1. The number of likely N-dealkylation sites (tertiary alicyclic amines) is 1. The first kappa shape index (κ1) is 13.6. The zero-order chi connectivity index (χ0) is 15.1. The Morgan fingerprint density at radius 2 is 2.14 bits per heavy atom. The standard InChI is InChI=1S/C17H19N3O2/c1-11-6-4-5-9-20(11)10-14-18-15-12-7-2-3-8-13(12)22-16(15)17(21)19-14/h2-3,7-8,11,16H,4-6,9-10H2,1H3. The molecule has 4 rings (SSSR count). The maximum absolute atomic E-state index is 12.3. The zero-order valence-electron chi connectivity index (χ0n) is 12.7. The Bertz CT molecular complexity index is 680. The minimum Gasteiger partial charge on any atom is -0.473 e. The van der Waals surface area contributed by atoms with Gasteiger partial charge in [-0.25, -0.2) is 4.99 Å². The lowest BCUT2D eigenvalue weighted by Gasteiger charge is -2.33. The van der Waals surface area contributed by atoms with Crippen LogP contribution in [0.25, 0.3) is 0 Å². The summed E-state index contributed by atoms with van der Waals surface area (Å²) < 4.78 is 5.68. The first-order valence-electron chi connectivity index (χ1n) is 7.92. The Balaban J connectivity index is 1.61. The number of hydrogen-bond donors (Lipinski definition) is 0. The minimum atomic E-state index is -0.653. The molecule has 5 nitrogen and oxygen atoms in total. The summed E-state index contributed by atoms with van der Waals surface area (Å²) in [5.41, 5.74) is 1.63. The number of carbonyl (C=O) groups is 1. The number of aliphatic imine (C=N–C) groups is 2. The molecule has 0 aliphatic carbocycles. The predicted octanol–water partition coefficient (Wildman–Crippen LogP) is 2.05. The molecule has 0 aromatic heterocycles. The van der Waals surface area contributed by atoms with Gasteiger partial charge in [-0.2, -0.15) is 4.99 Å². The van der Waals surface area contributed by atoms with Crippen molar-refractivity contribution in [2.45, 2.75) is 38.3 Å². The molecule has 0 saturated carbocycles. The van der Waals surface area contributed by atoms with Crippen LogP contribution in [-0.4, -0.2) is 47.6 Å². The normalized spacial score (nSPS) is 27.6. The largest absolute Gasteiger partial charge is 0.473 e. The molecule has 0 spiro atoms. The number of ether oxygens (including phenoxy) is 1. The van der Waals surface area contributed by atoms with Gasteiger partial charge in [0.15, 0.2) is 0 Å². The van der Waals surface area contributed by atoms with Crippen molar-refractivity contribution in [3.8, 4) is 5.75 Å². The average Bonchev–Trinajstić information content (AvgIpc) is 2.89. The topological polar surface area (TPSA) is 54.3 Å². The summed E-state index contributed by atoms with van der Waals surface area (Å²) in [7, 11) is 0. The summed E-state index contributed by atoms with van der Waals surface area (Å²) in [6, 6.07) is 8.19. The van der Waals surface area contributed by atoms with E-state index >= 15 is 0 Å². The van der Waals surface area contributed by atoms with Crippen molar-refractivity contribution < 1.29 is 9.53 Å². The quantitative estimate of drug-likeness (QED) is 0.839. The molecule has 114 valence electrons. The van der Waals surface area contributed by atoms with E-state index in [2.05, 4.69) is 21.8 Å². The summed E-state index contributed by atoms with van der Waals surface area (Å²) in [5.74, 6) is 1.11. The van der Waals surface area contributed by atoms with Gasteiger partial charge in [0.2, 0.25) is 6.10 Å². The van der Waals surface area contributed by atoms with Crippen LogP contribution >= 0.6 is 0 Å². The molecule has 1 fully saturated rings. The number of amides is 1. The van der Waals surface area contributed by atoms with E-state index in [1.54, 1.807) is 0 Å². The van der Waals surface area contributed by atoms with E-state index in [9.17, 15) is 4.79 Å². The molecule has 1 saturated heterocycles. The fourth-order valence-corrected chi connectivity index (χ4v) is 3.39. The fraction of sp³-hybridized carbons (Fsp3) is 0.471. The van der Waals surface area contributed by atoms with Gasteiger partial charge in [-0.05, 0) is 38.4 Å². The number of benzene rings is 1. The molecule has 1 aromatic carbocycles. The van der Waals surface area contributed by atoms with Crippen LogP contribution in [0.3, 0.4) is 0 Å². The van der Waals surface area contributed by atoms with Gasteiger partial charge in [0.05, 0.1) is 6.54 Å². The van der Waals surface area contributed by atoms with E-state index in [4.69, 9.17) is 4.74 Å². The summed E-state index contributed by atoms with van der Waals surface area (Å²) >= 11 is 0. The highest BCUT2D eigenvalue weighted by Crippen LogP contribution is 2.31. The number of amidine groups is 1. The van der Waals surface area contributed by atoms with Crippen LogP contribution in [0, 0.1) is 0 Å². The van der Waals surface area contributed by atoms with Crippen molar-refractivity contribution in [1.29, 1.82) is 0 Å². The maximum atomic E-state index is 12.3. The van der Waals surface area contributed by atoms with Crippen LogP contribution in [0.2, 0.25) is 0 Å². The number of fused-ring (bicyclic) bond motifs is 3. The van der Waals surface area contributed by atoms with Crippen LogP contribution in [0.5, 0.6) is 5.75 Å². The van der Waals surface area contributed by atoms with Crippen molar-refractivity contribution in [3.05, 3.63) is 29.8 Å². The highest BCUT2D eigenvalue weighted by Gasteiger charge is 2.38. The van der Waals surface area contributed by atoms with Crippen LogP contribution in [0.15, 0.2) is 34.3 Å². The first-order chi connectivity index (χ1) is 10.7. The van der Waals surface area contributed by atoms with Crippen molar-refractivity contribution in [1.82, 2.24) is 4.90 Å². The highest BCUT2D eigenvalue weighted by atomic mass is 16.5. The van der Waals surface area contributed by atoms with E-state index in [0.717, 1.165) is 23.6 Å². The van der Waals surface area contributed by atoms with Crippen LogP contribution in [0.1, 0.15) is 31.7 Å². The van der Waals surface area contributed by atoms with Crippen molar-refractivity contribution in [2.75, 3.05) is 13.1 Å². The van der Waals surface area contributed by atoms with Gasteiger partial charge in [-0.1, -0.05) is 18.6 Å². The summed E-state index contributed by atoms with van der Waals surface area (Å²) in [6.45, 7) is 3.93. The minimum absolute atomic E-state index is 0.235. The summed E-state index contributed by atoms with van der Waals surface area (Å²) in [5, 5.41) is 0. The molecule has 0 bridgehead atoms. The number of piperidine rings is 1. The van der Waals surface area contributed by atoms with Gasteiger partial charge < -0.3 is 4.74 Å². The monoisotopic (exact) mass is 297 g/mol. The van der Waals surface area contributed by atoms with Gasteiger partial charge in [-0.3, -0.25) is 9.69 Å². The molecule has 5 heteroatoms. The number of hydrogen-bond acceptors (Lipinski definition) is 4. The molecule has 2 unspecified atom stereocenters. The maximum Gasteiger partial charge on any atom is 0.294 e. The third-order valence-corrected chi connectivity index (χ3v) is 4.65. The molecule has 3 heterocycles. The van der Waals surface area contributed by atoms with Crippen molar-refractivity contribution >= 4 is 17.5 Å². The first-order valence-corrected chi connectivity index (χ1v) is 7.92. The zero-order valence-corrected chi connectivity index (χ0v) is 12.7. The molecule has 1 aromatic rings. The van der Waals surface area contributed by atoms with Crippen molar-refractivity contribution in [3.63, 3.8) is 0 Å². The van der Waals surface area contributed by atoms with Crippen LogP contribution < -0.4 is 4.74 Å². The molecule has 1 amide bonds. The average molecular weight is 297 g/mol. The summed E-state index contributed by atoms with van der Waals surface area (Å²) in [6.07, 6.45) is 3.03. The molecule has 22 heavy (non-hydrogen) atoms. The second-order valence-electron chi connectivity index (χ2n) is 6.17. The molecular weight excluding hydrogens is 278 g/mol. The molecule has 3 aliphatic rings. The van der Waals surface area contributed by atoms with E-state index in [0.29, 0.717) is 18.4 Å². The number of para-hydroxylation sites is 1. The SMILES string of the molecule is CC1CCCCN1CC1=NC(=O)C2Oc3ccccc3C2=N1. The highest BCUT2D eigenvalue weighted by molar-refractivity contribution is 6.26.